The van der Waals surface area contributed by atoms with Crippen LogP contribution in [-0.2, 0) is 0 Å². The van der Waals surface area contributed by atoms with Crippen LogP contribution in [0.2, 0.25) is 0 Å². The van der Waals surface area contributed by atoms with Gasteiger partial charge in [-0.2, -0.15) is 0 Å². The first kappa shape index (κ1) is 15.8. The Morgan fingerprint density at radius 1 is 1.17 bits per heavy atom. The van der Waals surface area contributed by atoms with E-state index >= 15 is 0 Å². The fourth-order valence-corrected chi connectivity index (χ4v) is 3.20. The molecule has 1 aliphatic rings. The molecule has 1 aromatic carbocycles. The molecule has 18 heavy (non-hydrogen) atoms. The van der Waals surface area contributed by atoms with E-state index in [1.54, 1.807) is 0 Å². The number of nitrogens with one attached hydrogen (secondary N) is 2. The van der Waals surface area contributed by atoms with Gasteiger partial charge in [-0.25, -0.2) is 0 Å². The Morgan fingerprint density at radius 2 is 1.89 bits per heavy atom. The molecule has 0 radical (unpaired) electrons. The number of hydrogen-bond acceptors (Lipinski definition) is 3. The van der Waals surface area contributed by atoms with E-state index in [1.165, 1.54) is 10.5 Å². The van der Waals surface area contributed by atoms with Gasteiger partial charge in [0.2, 0.25) is 0 Å². The molecule has 0 spiro atoms. The summed E-state index contributed by atoms with van der Waals surface area (Å²) >= 11 is 1.95. The molecule has 0 bridgehead atoms. The van der Waals surface area contributed by atoms with Crippen LogP contribution in [0.3, 0.4) is 0 Å². The number of halogens is 1. The van der Waals surface area contributed by atoms with Gasteiger partial charge in [-0.3, -0.25) is 0 Å². The molecule has 0 aromatic heterocycles. The van der Waals surface area contributed by atoms with Gasteiger partial charge in [0.25, 0.3) is 0 Å². The summed E-state index contributed by atoms with van der Waals surface area (Å²) in [5, 5.41) is 7.04. The molecule has 2 rings (SSSR count). The van der Waals surface area contributed by atoms with E-state index in [4.69, 9.17) is 0 Å². The smallest absolute Gasteiger partial charge is 0.0458 e. The summed E-state index contributed by atoms with van der Waals surface area (Å²) in [6.45, 7) is 9.95. The SMILES string of the molecule is CC(C)(C)Sc1ccccc1[C@H]1CNCCN1.Cl. The molecule has 0 saturated carbocycles. The van der Waals surface area contributed by atoms with Crippen molar-refractivity contribution in [2.45, 2.75) is 36.5 Å². The van der Waals surface area contributed by atoms with Gasteiger partial charge < -0.3 is 10.6 Å². The highest BCUT2D eigenvalue weighted by atomic mass is 35.5. The molecule has 0 unspecified atom stereocenters. The molecule has 0 aliphatic carbocycles. The van der Waals surface area contributed by atoms with Crippen molar-refractivity contribution < 1.29 is 0 Å². The lowest BCUT2D eigenvalue weighted by molar-refractivity contribution is 0.426. The van der Waals surface area contributed by atoms with Gasteiger partial charge in [0.15, 0.2) is 0 Å². The van der Waals surface area contributed by atoms with Crippen molar-refractivity contribution in [3.8, 4) is 0 Å². The molecule has 1 atom stereocenters. The average Bonchev–Trinajstić information content (AvgIpc) is 2.29. The van der Waals surface area contributed by atoms with Gasteiger partial charge in [-0.1, -0.05) is 39.0 Å². The highest BCUT2D eigenvalue weighted by Crippen LogP contribution is 2.36. The first-order valence-electron chi connectivity index (χ1n) is 6.28. The molecule has 2 nitrogen and oxygen atoms in total. The average molecular weight is 287 g/mol. The first-order chi connectivity index (χ1) is 8.06. The predicted molar refractivity (Wildman–Crippen MR) is 82.9 cm³/mol. The molecule has 1 heterocycles. The van der Waals surface area contributed by atoms with E-state index in [2.05, 4.69) is 55.7 Å². The quantitative estimate of drug-likeness (QED) is 0.816. The largest absolute Gasteiger partial charge is 0.314 e. The molecule has 1 saturated heterocycles. The maximum atomic E-state index is 3.59. The van der Waals surface area contributed by atoms with Crippen LogP contribution in [0.15, 0.2) is 29.2 Å². The van der Waals surface area contributed by atoms with Crippen LogP contribution in [0.25, 0.3) is 0 Å². The summed E-state index contributed by atoms with van der Waals surface area (Å²) in [5.41, 5.74) is 1.43. The minimum atomic E-state index is 0. The standard InChI is InChI=1S/C14H22N2S.ClH/c1-14(2,3)17-13-7-5-4-6-11(13)12-10-15-8-9-16-12;/h4-7,12,15-16H,8-10H2,1-3H3;1H/t12-;/m1./s1. The van der Waals surface area contributed by atoms with Crippen LogP contribution >= 0.6 is 24.2 Å². The number of thioether (sulfide) groups is 1. The lowest BCUT2D eigenvalue weighted by atomic mass is 10.1. The van der Waals surface area contributed by atoms with E-state index in [1.807, 2.05) is 11.8 Å². The van der Waals surface area contributed by atoms with Crippen molar-refractivity contribution in [3.05, 3.63) is 29.8 Å². The van der Waals surface area contributed by atoms with E-state index in [9.17, 15) is 0 Å². The van der Waals surface area contributed by atoms with Gasteiger partial charge in [-0.05, 0) is 11.6 Å². The fourth-order valence-electron chi connectivity index (χ4n) is 2.06. The summed E-state index contributed by atoms with van der Waals surface area (Å²) < 4.78 is 0.262. The maximum absolute atomic E-state index is 3.59. The number of benzene rings is 1. The lowest BCUT2D eigenvalue weighted by Gasteiger charge is -2.28. The maximum Gasteiger partial charge on any atom is 0.0458 e. The third kappa shape index (κ3) is 4.47. The molecule has 1 fully saturated rings. The normalized spacial score (nSPS) is 20.3. The van der Waals surface area contributed by atoms with Gasteiger partial charge in [0, 0.05) is 35.3 Å². The van der Waals surface area contributed by atoms with Crippen LogP contribution in [0.4, 0.5) is 0 Å². The molecule has 102 valence electrons. The highest BCUT2D eigenvalue weighted by molar-refractivity contribution is 8.00. The van der Waals surface area contributed by atoms with Crippen molar-refractivity contribution in [3.63, 3.8) is 0 Å². The Hall–Kier alpha value is -0.220. The minimum absolute atomic E-state index is 0. The molecular formula is C14H23ClN2S. The monoisotopic (exact) mass is 286 g/mol. The second-order valence-corrected chi connectivity index (χ2v) is 7.33. The Morgan fingerprint density at radius 3 is 2.50 bits per heavy atom. The third-order valence-electron chi connectivity index (χ3n) is 2.75. The van der Waals surface area contributed by atoms with Crippen LogP contribution in [-0.4, -0.2) is 24.4 Å². The van der Waals surface area contributed by atoms with Gasteiger partial charge in [0.1, 0.15) is 0 Å². The Kier molecular flexibility index (Phi) is 5.99. The predicted octanol–water partition coefficient (Wildman–Crippen LogP) is 3.23. The zero-order valence-electron chi connectivity index (χ0n) is 11.3. The molecule has 1 aliphatic heterocycles. The van der Waals surface area contributed by atoms with Crippen molar-refractivity contribution in [2.24, 2.45) is 0 Å². The number of piperazine rings is 1. The van der Waals surface area contributed by atoms with Crippen molar-refractivity contribution >= 4 is 24.2 Å². The summed E-state index contributed by atoms with van der Waals surface area (Å²) in [6.07, 6.45) is 0. The summed E-state index contributed by atoms with van der Waals surface area (Å²) in [6, 6.07) is 9.21. The second-order valence-electron chi connectivity index (χ2n) is 5.46. The Balaban J connectivity index is 0.00000162. The zero-order valence-corrected chi connectivity index (χ0v) is 13.0. The van der Waals surface area contributed by atoms with Crippen LogP contribution in [0.5, 0.6) is 0 Å². The van der Waals surface area contributed by atoms with Crippen LogP contribution in [0, 0.1) is 0 Å². The molecular weight excluding hydrogens is 264 g/mol. The van der Waals surface area contributed by atoms with E-state index < -0.39 is 0 Å². The van der Waals surface area contributed by atoms with E-state index in [0.29, 0.717) is 6.04 Å². The van der Waals surface area contributed by atoms with Gasteiger partial charge in [0.05, 0.1) is 0 Å². The van der Waals surface area contributed by atoms with E-state index in [0.717, 1.165) is 19.6 Å². The summed E-state index contributed by atoms with van der Waals surface area (Å²) in [4.78, 5) is 1.40. The third-order valence-corrected chi connectivity index (χ3v) is 3.96. The number of rotatable bonds is 2. The topological polar surface area (TPSA) is 24.1 Å². The molecule has 2 N–H and O–H groups in total. The Labute approximate surface area is 121 Å². The first-order valence-corrected chi connectivity index (χ1v) is 7.10. The van der Waals surface area contributed by atoms with Crippen molar-refractivity contribution in [1.82, 2.24) is 10.6 Å². The minimum Gasteiger partial charge on any atom is -0.314 e. The van der Waals surface area contributed by atoms with Gasteiger partial charge in [-0.15, -0.1) is 24.2 Å². The summed E-state index contributed by atoms with van der Waals surface area (Å²) in [5.74, 6) is 0. The fraction of sp³-hybridized carbons (Fsp3) is 0.571. The Bertz CT molecular complexity index is 370. The van der Waals surface area contributed by atoms with Crippen molar-refractivity contribution in [1.29, 1.82) is 0 Å². The van der Waals surface area contributed by atoms with E-state index in [-0.39, 0.29) is 17.2 Å². The van der Waals surface area contributed by atoms with Crippen LogP contribution < -0.4 is 10.6 Å². The number of hydrogen-bond donors (Lipinski definition) is 2. The lowest BCUT2D eigenvalue weighted by Crippen LogP contribution is -2.42. The van der Waals surface area contributed by atoms with Gasteiger partial charge >= 0.3 is 0 Å². The second kappa shape index (κ2) is 6.80. The van der Waals surface area contributed by atoms with Crippen molar-refractivity contribution in [2.75, 3.05) is 19.6 Å². The highest BCUT2D eigenvalue weighted by Gasteiger charge is 2.20. The van der Waals surface area contributed by atoms with Crippen LogP contribution in [0.1, 0.15) is 32.4 Å². The zero-order chi connectivity index (χ0) is 12.3. The molecule has 4 heteroatoms. The summed E-state index contributed by atoms with van der Waals surface area (Å²) in [7, 11) is 0. The molecule has 0 amide bonds. The molecule has 1 aromatic rings.